The first-order valence-electron chi connectivity index (χ1n) is 12.0. The van der Waals surface area contributed by atoms with Crippen LogP contribution in [0.2, 0.25) is 5.02 Å². The molecule has 0 spiro atoms. The van der Waals surface area contributed by atoms with Crippen LogP contribution in [0.15, 0.2) is 30.5 Å². The summed E-state index contributed by atoms with van der Waals surface area (Å²) in [6.07, 6.45) is 5.19. The monoisotopic (exact) mass is 538 g/mol. The molecule has 3 aliphatic rings. The number of halogens is 1. The van der Waals surface area contributed by atoms with Crippen LogP contribution in [0.3, 0.4) is 0 Å². The third-order valence-electron chi connectivity index (χ3n) is 7.12. The van der Waals surface area contributed by atoms with Gasteiger partial charge in [0.05, 0.1) is 49.9 Å². The fourth-order valence-electron chi connectivity index (χ4n) is 5.32. The summed E-state index contributed by atoms with van der Waals surface area (Å²) in [5.74, 6) is 1.24. The van der Waals surface area contributed by atoms with E-state index in [0.29, 0.717) is 34.5 Å². The highest BCUT2D eigenvalue weighted by molar-refractivity contribution is 6.32. The molecule has 0 saturated heterocycles. The molecular formula is C25H27ClN8O4. The molecule has 2 aliphatic carbocycles. The molecule has 1 fully saturated rings. The SMILES string of the molecule is COc1cc2c(cc1Nc1ncc(Cl)c(N[C@H]3[C@@H](OC(N)=O)[C@@H]4C=C[C@H]3C4)n1)N(C)C(=O)CN(CC#N)C2. The highest BCUT2D eigenvalue weighted by atomic mass is 35.5. The smallest absolute Gasteiger partial charge is 0.404 e. The molecule has 4 atom stereocenters. The van der Waals surface area contributed by atoms with Crippen molar-refractivity contribution < 1.29 is 19.1 Å². The van der Waals surface area contributed by atoms with E-state index in [2.05, 4.69) is 32.7 Å². The summed E-state index contributed by atoms with van der Waals surface area (Å²) in [6.45, 7) is 0.699. The highest BCUT2D eigenvalue weighted by Crippen LogP contribution is 2.43. The Kier molecular flexibility index (Phi) is 6.96. The quantitative estimate of drug-likeness (QED) is 0.353. The summed E-state index contributed by atoms with van der Waals surface area (Å²) in [7, 11) is 3.24. The van der Waals surface area contributed by atoms with Gasteiger partial charge < -0.3 is 30.7 Å². The van der Waals surface area contributed by atoms with Crippen molar-refractivity contribution in [3.05, 3.63) is 41.1 Å². The van der Waals surface area contributed by atoms with Crippen molar-refractivity contribution in [2.75, 3.05) is 42.8 Å². The number of carbonyl (C=O) groups is 2. The molecule has 2 amide bonds. The molecule has 1 aromatic heterocycles. The van der Waals surface area contributed by atoms with Gasteiger partial charge in [0, 0.05) is 25.4 Å². The van der Waals surface area contributed by atoms with Crippen LogP contribution in [0.1, 0.15) is 12.0 Å². The summed E-state index contributed by atoms with van der Waals surface area (Å²) in [5, 5.41) is 15.9. The lowest BCUT2D eigenvalue weighted by Gasteiger charge is -2.28. The van der Waals surface area contributed by atoms with Crippen molar-refractivity contribution >= 4 is 46.7 Å². The number of benzene rings is 1. The lowest BCUT2D eigenvalue weighted by Crippen LogP contribution is -2.41. The van der Waals surface area contributed by atoms with E-state index in [0.717, 1.165) is 12.0 Å². The van der Waals surface area contributed by atoms with E-state index < -0.39 is 12.2 Å². The molecule has 1 saturated carbocycles. The first-order valence-corrected chi connectivity index (χ1v) is 12.4. The maximum absolute atomic E-state index is 12.7. The topological polar surface area (TPSA) is 159 Å². The number of carbonyl (C=O) groups excluding carboxylic acids is 2. The van der Waals surface area contributed by atoms with E-state index in [1.54, 1.807) is 30.0 Å². The molecule has 1 aromatic carbocycles. The van der Waals surface area contributed by atoms with Crippen LogP contribution in [-0.4, -0.2) is 66.3 Å². The first kappa shape index (κ1) is 25.6. The zero-order valence-corrected chi connectivity index (χ0v) is 21.6. The number of nitriles is 1. The third-order valence-corrected chi connectivity index (χ3v) is 7.39. The van der Waals surface area contributed by atoms with E-state index in [9.17, 15) is 9.59 Å². The molecule has 12 nitrogen and oxygen atoms in total. The molecule has 5 rings (SSSR count). The Hall–Kier alpha value is -4.08. The number of likely N-dealkylation sites (N-methyl/N-ethyl adjacent to an activating group) is 1. The second-order valence-electron chi connectivity index (χ2n) is 9.47. The lowest BCUT2D eigenvalue weighted by molar-refractivity contribution is -0.119. The number of anilines is 4. The Labute approximate surface area is 224 Å². The summed E-state index contributed by atoms with van der Waals surface area (Å²) < 4.78 is 11.0. The van der Waals surface area contributed by atoms with Crippen molar-refractivity contribution in [1.29, 1.82) is 5.26 Å². The number of aromatic nitrogens is 2. The van der Waals surface area contributed by atoms with Crippen LogP contribution in [0.5, 0.6) is 5.75 Å². The number of nitrogens with two attached hydrogens (primary N) is 1. The average Bonchev–Trinajstić information content (AvgIpc) is 3.45. The average molecular weight is 539 g/mol. The number of hydrogen-bond donors (Lipinski definition) is 3. The van der Waals surface area contributed by atoms with E-state index in [-0.39, 0.29) is 42.8 Å². The lowest BCUT2D eigenvalue weighted by atomic mass is 9.98. The largest absolute Gasteiger partial charge is 0.495 e. The van der Waals surface area contributed by atoms with Gasteiger partial charge in [-0.05, 0) is 24.1 Å². The van der Waals surface area contributed by atoms with Gasteiger partial charge in [-0.2, -0.15) is 10.2 Å². The number of rotatable bonds is 7. The second-order valence-corrected chi connectivity index (χ2v) is 9.88. The molecular weight excluding hydrogens is 512 g/mol. The molecule has 198 valence electrons. The Morgan fingerprint density at radius 3 is 2.84 bits per heavy atom. The molecule has 13 heteroatoms. The molecule has 38 heavy (non-hydrogen) atoms. The van der Waals surface area contributed by atoms with Crippen molar-refractivity contribution in [2.24, 2.45) is 17.6 Å². The number of methoxy groups -OCH3 is 1. The summed E-state index contributed by atoms with van der Waals surface area (Å²) in [6, 6.07) is 5.49. The number of amides is 2. The van der Waals surface area contributed by atoms with Crippen LogP contribution >= 0.6 is 11.6 Å². The van der Waals surface area contributed by atoms with Crippen molar-refractivity contribution in [3.63, 3.8) is 0 Å². The number of fused-ring (bicyclic) bond motifs is 3. The van der Waals surface area contributed by atoms with E-state index >= 15 is 0 Å². The van der Waals surface area contributed by atoms with Gasteiger partial charge in [0.15, 0.2) is 5.82 Å². The standard InChI is InChI=1S/C25H27ClN8O4/c1-33-18-9-17(19(37-2)8-15(18)11-34(6-5-27)12-20(33)35)30-25-29-10-16(26)23(32-25)31-21-13-3-4-14(7-13)22(21)38-24(28)36/h3-4,8-10,13-14,21-22H,6-7,11-12H2,1-2H3,(H2,28,36)(H2,29,30,31,32)/t13-,14+,21+,22-/m0/s1. The third kappa shape index (κ3) is 4.90. The van der Waals surface area contributed by atoms with Crippen molar-refractivity contribution in [3.8, 4) is 11.8 Å². The second kappa shape index (κ2) is 10.4. The highest BCUT2D eigenvalue weighted by Gasteiger charge is 2.47. The summed E-state index contributed by atoms with van der Waals surface area (Å²) >= 11 is 6.42. The Morgan fingerprint density at radius 1 is 1.32 bits per heavy atom. The normalized spacial score (nSPS) is 23.9. The van der Waals surface area contributed by atoms with Gasteiger partial charge in [-0.25, -0.2) is 9.78 Å². The number of ether oxygens (including phenoxy) is 2. The molecule has 2 bridgehead atoms. The van der Waals surface area contributed by atoms with Crippen LogP contribution < -0.4 is 26.0 Å². The van der Waals surface area contributed by atoms with E-state index in [1.807, 2.05) is 12.1 Å². The van der Waals surface area contributed by atoms with Gasteiger partial charge in [0.1, 0.15) is 16.9 Å². The Bertz CT molecular complexity index is 1350. The van der Waals surface area contributed by atoms with Gasteiger partial charge in [-0.15, -0.1) is 0 Å². The van der Waals surface area contributed by atoms with Gasteiger partial charge in [-0.1, -0.05) is 23.8 Å². The predicted molar refractivity (Wildman–Crippen MR) is 140 cm³/mol. The van der Waals surface area contributed by atoms with Crippen LogP contribution in [-0.2, 0) is 16.1 Å². The maximum Gasteiger partial charge on any atom is 0.404 e. The van der Waals surface area contributed by atoms with Crippen LogP contribution in [0.25, 0.3) is 0 Å². The maximum atomic E-state index is 12.7. The minimum absolute atomic E-state index is 0.0795. The zero-order chi connectivity index (χ0) is 27.0. The fraction of sp³-hybridized carbons (Fsp3) is 0.400. The Morgan fingerprint density at radius 2 is 2.11 bits per heavy atom. The zero-order valence-electron chi connectivity index (χ0n) is 20.8. The van der Waals surface area contributed by atoms with Crippen LogP contribution in [0.4, 0.5) is 27.9 Å². The number of hydrogen-bond acceptors (Lipinski definition) is 10. The first-order chi connectivity index (χ1) is 18.3. The number of nitrogens with zero attached hydrogens (tertiary/aromatic N) is 5. The van der Waals surface area contributed by atoms with Gasteiger partial charge >= 0.3 is 6.09 Å². The molecule has 4 N–H and O–H groups in total. The van der Waals surface area contributed by atoms with Gasteiger partial charge in [0.2, 0.25) is 11.9 Å². The molecule has 1 aliphatic heterocycles. The molecule has 0 radical (unpaired) electrons. The molecule has 0 unspecified atom stereocenters. The Balaban J connectivity index is 1.42. The molecule has 2 heterocycles. The summed E-state index contributed by atoms with van der Waals surface area (Å²) in [4.78, 5) is 36.4. The van der Waals surface area contributed by atoms with Gasteiger partial charge in [0.25, 0.3) is 0 Å². The van der Waals surface area contributed by atoms with E-state index in [4.69, 9.17) is 32.1 Å². The fourth-order valence-corrected chi connectivity index (χ4v) is 5.47. The predicted octanol–water partition coefficient (Wildman–Crippen LogP) is 2.63. The van der Waals surface area contributed by atoms with Crippen molar-refractivity contribution in [1.82, 2.24) is 14.9 Å². The van der Waals surface area contributed by atoms with E-state index in [1.165, 1.54) is 6.20 Å². The minimum Gasteiger partial charge on any atom is -0.495 e. The summed E-state index contributed by atoms with van der Waals surface area (Å²) in [5.41, 5.74) is 7.38. The van der Waals surface area contributed by atoms with Gasteiger partial charge in [-0.3, -0.25) is 9.69 Å². The minimum atomic E-state index is -0.826. The van der Waals surface area contributed by atoms with Crippen molar-refractivity contribution in [2.45, 2.75) is 25.1 Å². The number of nitrogens with one attached hydrogen (secondary N) is 2. The molecule has 2 aromatic rings. The number of primary amides is 1. The van der Waals surface area contributed by atoms with Crippen LogP contribution in [0, 0.1) is 23.2 Å².